The van der Waals surface area contributed by atoms with Crippen molar-refractivity contribution in [3.63, 3.8) is 0 Å². The van der Waals surface area contributed by atoms with Gasteiger partial charge < -0.3 is 5.73 Å². The second kappa shape index (κ2) is 6.77. The highest BCUT2D eigenvalue weighted by Crippen LogP contribution is 2.22. The van der Waals surface area contributed by atoms with Crippen LogP contribution in [0.2, 0.25) is 5.02 Å². The molecule has 0 aromatic heterocycles. The van der Waals surface area contributed by atoms with Crippen LogP contribution in [0.1, 0.15) is 5.56 Å². The Hall–Kier alpha value is -0.270. The lowest BCUT2D eigenvalue weighted by Crippen LogP contribution is -2.29. The van der Waals surface area contributed by atoms with Crippen molar-refractivity contribution < 1.29 is 8.42 Å². The molecule has 0 aliphatic heterocycles. The number of thioether (sulfide) groups is 1. The Labute approximate surface area is 118 Å². The zero-order valence-corrected chi connectivity index (χ0v) is 12.8. The number of rotatable bonds is 6. The number of hydrogen-bond acceptors (Lipinski definition) is 4. The van der Waals surface area contributed by atoms with Gasteiger partial charge in [0, 0.05) is 30.9 Å². The van der Waals surface area contributed by atoms with Gasteiger partial charge in [0.05, 0.1) is 4.90 Å². The molecule has 18 heavy (non-hydrogen) atoms. The minimum Gasteiger partial charge on any atom is -0.326 e. The minimum atomic E-state index is -3.46. The van der Waals surface area contributed by atoms with Crippen LogP contribution in [0.5, 0.6) is 0 Å². The largest absolute Gasteiger partial charge is 0.326 e. The Kier molecular flexibility index (Phi) is 5.94. The first kappa shape index (κ1) is 15.8. The van der Waals surface area contributed by atoms with Crippen LogP contribution >= 0.6 is 23.4 Å². The van der Waals surface area contributed by atoms with Gasteiger partial charge in [-0.05, 0) is 24.0 Å². The Balaban J connectivity index is 3.01. The summed E-state index contributed by atoms with van der Waals surface area (Å²) in [6.45, 7) is 0.765. The van der Waals surface area contributed by atoms with Gasteiger partial charge in [-0.15, -0.1) is 0 Å². The summed E-state index contributed by atoms with van der Waals surface area (Å²) in [4.78, 5) is 0.202. The van der Waals surface area contributed by atoms with E-state index in [1.54, 1.807) is 30.9 Å². The highest BCUT2D eigenvalue weighted by molar-refractivity contribution is 7.98. The van der Waals surface area contributed by atoms with E-state index < -0.39 is 10.0 Å². The van der Waals surface area contributed by atoms with E-state index in [0.717, 1.165) is 11.3 Å². The Morgan fingerprint density at radius 1 is 1.44 bits per heavy atom. The smallest absolute Gasteiger partial charge is 0.242 e. The van der Waals surface area contributed by atoms with E-state index in [9.17, 15) is 8.42 Å². The van der Waals surface area contributed by atoms with Crippen LogP contribution < -0.4 is 5.73 Å². The van der Waals surface area contributed by atoms with E-state index in [0.29, 0.717) is 18.1 Å². The minimum absolute atomic E-state index is 0.202. The zero-order chi connectivity index (χ0) is 13.8. The fourth-order valence-corrected chi connectivity index (χ4v) is 3.47. The number of hydrogen-bond donors (Lipinski definition) is 1. The molecule has 0 atom stereocenters. The number of halogens is 1. The maximum absolute atomic E-state index is 12.2. The summed E-state index contributed by atoms with van der Waals surface area (Å²) in [5, 5.41) is 0.386. The van der Waals surface area contributed by atoms with Gasteiger partial charge in [-0.1, -0.05) is 17.7 Å². The lowest BCUT2D eigenvalue weighted by atomic mass is 10.2. The number of nitrogens with zero attached hydrogens (tertiary/aromatic N) is 1. The summed E-state index contributed by atoms with van der Waals surface area (Å²) in [7, 11) is -1.90. The molecular formula is C11H17ClN2O2S2. The highest BCUT2D eigenvalue weighted by Gasteiger charge is 2.20. The third-order valence-electron chi connectivity index (χ3n) is 2.56. The number of nitrogens with two attached hydrogens (primary N) is 1. The molecule has 7 heteroatoms. The topological polar surface area (TPSA) is 63.4 Å². The summed E-state index contributed by atoms with van der Waals surface area (Å²) in [5.74, 6) is 0.754. The van der Waals surface area contributed by atoms with Crippen LogP contribution in [0.15, 0.2) is 23.1 Å². The van der Waals surface area contributed by atoms with Crippen LogP contribution in [-0.2, 0) is 16.6 Å². The van der Waals surface area contributed by atoms with Crippen LogP contribution in [-0.4, -0.2) is 38.3 Å². The molecule has 1 rings (SSSR count). The molecule has 4 nitrogen and oxygen atoms in total. The second-order valence-electron chi connectivity index (χ2n) is 3.78. The van der Waals surface area contributed by atoms with E-state index in [1.807, 2.05) is 6.26 Å². The van der Waals surface area contributed by atoms with Crippen molar-refractivity contribution in [3.05, 3.63) is 28.8 Å². The van der Waals surface area contributed by atoms with Gasteiger partial charge in [0.15, 0.2) is 0 Å². The predicted octanol–water partition coefficient (Wildman–Crippen LogP) is 1.78. The molecule has 0 fully saturated rings. The Morgan fingerprint density at radius 3 is 2.61 bits per heavy atom. The first-order valence-corrected chi connectivity index (χ1v) is 8.58. The Bertz CT molecular complexity index is 506. The van der Waals surface area contributed by atoms with Gasteiger partial charge in [0.25, 0.3) is 0 Å². The molecule has 0 radical (unpaired) electrons. The van der Waals surface area contributed by atoms with Gasteiger partial charge in [0.1, 0.15) is 0 Å². The molecule has 0 saturated heterocycles. The third kappa shape index (κ3) is 3.61. The van der Waals surface area contributed by atoms with Gasteiger partial charge in [-0.2, -0.15) is 11.8 Å². The Morgan fingerprint density at radius 2 is 2.11 bits per heavy atom. The molecule has 2 N–H and O–H groups in total. The maximum Gasteiger partial charge on any atom is 0.242 e. The molecular weight excluding hydrogens is 292 g/mol. The number of sulfonamides is 1. The van der Waals surface area contributed by atoms with Crippen molar-refractivity contribution in [1.29, 1.82) is 0 Å². The summed E-state index contributed by atoms with van der Waals surface area (Å²) < 4.78 is 25.8. The van der Waals surface area contributed by atoms with Crippen LogP contribution in [0, 0.1) is 0 Å². The van der Waals surface area contributed by atoms with E-state index in [4.69, 9.17) is 17.3 Å². The SMILES string of the molecule is CSCCN(C)S(=O)(=O)c1ccc(CN)c(Cl)c1. The first-order valence-electron chi connectivity index (χ1n) is 5.37. The normalized spacial score (nSPS) is 12.1. The monoisotopic (exact) mass is 308 g/mol. The third-order valence-corrected chi connectivity index (χ3v) is 5.36. The maximum atomic E-state index is 12.2. The van der Waals surface area contributed by atoms with Crippen molar-refractivity contribution in [2.45, 2.75) is 11.4 Å². The lowest BCUT2D eigenvalue weighted by Gasteiger charge is -2.17. The molecule has 0 bridgehead atoms. The summed E-state index contributed by atoms with van der Waals surface area (Å²) in [6, 6.07) is 4.64. The van der Waals surface area contributed by atoms with Crippen LogP contribution in [0.25, 0.3) is 0 Å². The second-order valence-corrected chi connectivity index (χ2v) is 7.21. The van der Waals surface area contributed by atoms with E-state index in [2.05, 4.69) is 0 Å². The quantitative estimate of drug-likeness (QED) is 0.870. The van der Waals surface area contributed by atoms with Crippen LogP contribution in [0.4, 0.5) is 0 Å². The molecule has 0 aliphatic carbocycles. The zero-order valence-electron chi connectivity index (χ0n) is 10.4. The van der Waals surface area contributed by atoms with Crippen molar-refractivity contribution in [2.24, 2.45) is 5.73 Å². The van der Waals surface area contributed by atoms with Crippen molar-refractivity contribution >= 4 is 33.4 Å². The molecule has 0 spiro atoms. The van der Waals surface area contributed by atoms with Gasteiger partial charge in [-0.3, -0.25) is 0 Å². The van der Waals surface area contributed by atoms with Crippen molar-refractivity contribution in [1.82, 2.24) is 4.31 Å². The fraction of sp³-hybridized carbons (Fsp3) is 0.455. The van der Waals surface area contributed by atoms with Gasteiger partial charge >= 0.3 is 0 Å². The predicted molar refractivity (Wildman–Crippen MR) is 77.5 cm³/mol. The lowest BCUT2D eigenvalue weighted by molar-refractivity contribution is 0.488. The average Bonchev–Trinajstić information content (AvgIpc) is 2.35. The summed E-state index contributed by atoms with van der Waals surface area (Å²) in [5.41, 5.74) is 6.23. The van der Waals surface area contributed by atoms with Crippen LogP contribution in [0.3, 0.4) is 0 Å². The molecule has 0 heterocycles. The molecule has 0 aliphatic rings. The first-order chi connectivity index (χ1) is 8.43. The van der Waals surface area contributed by atoms with Crippen molar-refractivity contribution in [2.75, 3.05) is 25.6 Å². The molecule has 0 unspecified atom stereocenters. The molecule has 1 aromatic rings. The summed E-state index contributed by atoms with van der Waals surface area (Å²) >= 11 is 7.58. The molecule has 102 valence electrons. The molecule has 0 saturated carbocycles. The highest BCUT2D eigenvalue weighted by atomic mass is 35.5. The number of benzene rings is 1. The van der Waals surface area contributed by atoms with E-state index in [-0.39, 0.29) is 4.90 Å². The van der Waals surface area contributed by atoms with E-state index >= 15 is 0 Å². The molecule has 1 aromatic carbocycles. The van der Waals surface area contributed by atoms with Crippen molar-refractivity contribution in [3.8, 4) is 0 Å². The van der Waals surface area contributed by atoms with Gasteiger partial charge in [0.2, 0.25) is 10.0 Å². The van der Waals surface area contributed by atoms with Gasteiger partial charge in [-0.25, -0.2) is 12.7 Å². The standard InChI is InChI=1S/C11H17ClN2O2S2/c1-14(5-6-17-2)18(15,16)10-4-3-9(8-13)11(12)7-10/h3-4,7H,5-6,8,13H2,1-2H3. The summed E-state index contributed by atoms with van der Waals surface area (Å²) in [6.07, 6.45) is 1.94. The average molecular weight is 309 g/mol. The van der Waals surface area contributed by atoms with E-state index in [1.165, 1.54) is 10.4 Å². The molecule has 0 amide bonds. The fourth-order valence-electron chi connectivity index (χ4n) is 1.37.